The molecule has 0 aliphatic carbocycles. The Morgan fingerprint density at radius 2 is 1.93 bits per heavy atom. The third-order valence-electron chi connectivity index (χ3n) is 1.82. The number of hydrogen-bond acceptors (Lipinski definition) is 1. The van der Waals surface area contributed by atoms with Crippen LogP contribution in [0.15, 0.2) is 33.4 Å². The zero-order valence-electron chi connectivity index (χ0n) is 6.73. The van der Waals surface area contributed by atoms with E-state index in [1.54, 1.807) is 6.07 Å². The lowest BCUT2D eigenvalue weighted by Gasteiger charge is -2.07. The lowest BCUT2D eigenvalue weighted by molar-refractivity contribution is -0.136. The van der Waals surface area contributed by atoms with Crippen LogP contribution in [0.1, 0.15) is 5.56 Å². The Hall–Kier alpha value is -0.970. The quantitative estimate of drug-likeness (QED) is 0.695. The monoisotopic (exact) mass is 264 g/mol. The van der Waals surface area contributed by atoms with Gasteiger partial charge >= 0.3 is 6.18 Å². The van der Waals surface area contributed by atoms with Crippen LogP contribution in [0.4, 0.5) is 13.2 Å². The first-order chi connectivity index (χ1) is 6.48. The molecule has 0 amide bonds. The maximum absolute atomic E-state index is 12.5. The van der Waals surface area contributed by atoms with Crippen molar-refractivity contribution in [3.63, 3.8) is 0 Å². The van der Waals surface area contributed by atoms with Crippen LogP contribution in [-0.2, 0) is 6.18 Å². The lowest BCUT2D eigenvalue weighted by atomic mass is 10.1. The summed E-state index contributed by atoms with van der Waals surface area (Å²) < 4.78 is 42.7. The van der Waals surface area contributed by atoms with Gasteiger partial charge in [-0.05, 0) is 18.2 Å². The third-order valence-corrected chi connectivity index (χ3v) is 2.28. The summed E-state index contributed by atoms with van der Waals surface area (Å²) in [5.41, 5.74) is -0.882. The molecule has 0 radical (unpaired) electrons. The molecule has 0 saturated heterocycles. The van der Waals surface area contributed by atoms with Crippen LogP contribution in [-0.4, -0.2) is 0 Å². The van der Waals surface area contributed by atoms with Crippen molar-refractivity contribution in [2.45, 2.75) is 6.18 Å². The highest BCUT2D eigenvalue weighted by atomic mass is 79.9. The maximum atomic E-state index is 12.5. The average molecular weight is 265 g/mol. The van der Waals surface area contributed by atoms with Crippen molar-refractivity contribution in [2.75, 3.05) is 0 Å². The first-order valence-electron chi connectivity index (χ1n) is 3.72. The van der Waals surface area contributed by atoms with Crippen LogP contribution in [0.5, 0.6) is 0 Å². The van der Waals surface area contributed by atoms with E-state index in [9.17, 15) is 13.2 Å². The molecule has 74 valence electrons. The Morgan fingerprint density at radius 3 is 2.57 bits per heavy atom. The third kappa shape index (κ3) is 1.52. The van der Waals surface area contributed by atoms with E-state index in [1.165, 1.54) is 12.3 Å². The van der Waals surface area contributed by atoms with Gasteiger partial charge in [-0.15, -0.1) is 0 Å². The predicted molar refractivity (Wildman–Crippen MR) is 48.9 cm³/mol. The van der Waals surface area contributed by atoms with Gasteiger partial charge in [0.25, 0.3) is 0 Å². The molecule has 0 aliphatic heterocycles. The second kappa shape index (κ2) is 3.02. The smallest absolute Gasteiger partial charge is 0.420 e. The molecule has 1 aromatic heterocycles. The van der Waals surface area contributed by atoms with E-state index in [1.807, 2.05) is 0 Å². The Bertz CT molecular complexity index is 472. The highest BCUT2D eigenvalue weighted by Gasteiger charge is 2.34. The number of benzene rings is 1. The predicted octanol–water partition coefficient (Wildman–Crippen LogP) is 4.21. The number of fused-ring (bicyclic) bond motifs is 1. The molecular weight excluding hydrogens is 261 g/mol. The molecule has 0 saturated carbocycles. The minimum Gasteiger partial charge on any atom is -0.464 e. The van der Waals surface area contributed by atoms with E-state index in [-0.39, 0.29) is 5.58 Å². The normalized spacial score (nSPS) is 12.3. The Labute approximate surface area is 85.6 Å². The molecule has 2 aromatic rings. The number of halogens is 4. The first kappa shape index (κ1) is 9.58. The summed E-state index contributed by atoms with van der Waals surface area (Å²) in [5, 5.41) is 0.437. The van der Waals surface area contributed by atoms with E-state index in [2.05, 4.69) is 15.9 Å². The van der Waals surface area contributed by atoms with Crippen molar-refractivity contribution >= 4 is 26.9 Å². The minimum absolute atomic E-state index is 0.124. The Balaban J connectivity index is 2.80. The molecule has 1 nitrogen and oxygen atoms in total. The molecular formula is C9H4BrF3O. The van der Waals surface area contributed by atoms with Crippen LogP contribution in [0, 0.1) is 0 Å². The molecule has 0 aliphatic rings. The fraction of sp³-hybridized carbons (Fsp3) is 0.111. The van der Waals surface area contributed by atoms with E-state index in [4.69, 9.17) is 4.42 Å². The molecule has 0 atom stereocenters. The molecule has 0 N–H and O–H groups in total. The summed E-state index contributed by atoms with van der Waals surface area (Å²) in [6.45, 7) is 0. The molecule has 2 rings (SSSR count). The van der Waals surface area contributed by atoms with Gasteiger partial charge in [-0.3, -0.25) is 0 Å². The van der Waals surface area contributed by atoms with Crippen molar-refractivity contribution < 1.29 is 17.6 Å². The van der Waals surface area contributed by atoms with E-state index in [0.717, 1.165) is 6.07 Å². The summed E-state index contributed by atoms with van der Waals surface area (Å²) in [6.07, 6.45) is -3.15. The Kier molecular flexibility index (Phi) is 2.06. The highest BCUT2D eigenvalue weighted by Crippen LogP contribution is 2.37. The summed E-state index contributed by atoms with van der Waals surface area (Å²) in [5.74, 6) is 0. The van der Waals surface area contributed by atoms with Gasteiger partial charge in [-0.1, -0.05) is 15.9 Å². The highest BCUT2D eigenvalue weighted by molar-refractivity contribution is 9.10. The molecule has 14 heavy (non-hydrogen) atoms. The van der Waals surface area contributed by atoms with Gasteiger partial charge in [0.05, 0.1) is 11.8 Å². The number of hydrogen-bond donors (Lipinski definition) is 0. The second-order valence-corrected chi connectivity index (χ2v) is 3.71. The number of furan rings is 1. The van der Waals surface area contributed by atoms with Gasteiger partial charge < -0.3 is 4.42 Å². The number of alkyl halides is 3. The van der Waals surface area contributed by atoms with Crippen molar-refractivity contribution in [1.82, 2.24) is 0 Å². The van der Waals surface area contributed by atoms with E-state index >= 15 is 0 Å². The van der Waals surface area contributed by atoms with Gasteiger partial charge in [0, 0.05) is 9.86 Å². The molecule has 0 fully saturated rings. The van der Waals surface area contributed by atoms with Crippen LogP contribution in [0.25, 0.3) is 11.0 Å². The van der Waals surface area contributed by atoms with Crippen molar-refractivity contribution in [2.24, 2.45) is 0 Å². The Morgan fingerprint density at radius 1 is 1.21 bits per heavy atom. The fourth-order valence-corrected chi connectivity index (χ4v) is 1.73. The molecule has 0 unspecified atom stereocenters. The minimum atomic E-state index is -4.39. The van der Waals surface area contributed by atoms with Gasteiger partial charge in [-0.25, -0.2) is 0 Å². The standard InChI is InChI=1S/C9H4BrF3O/c10-6-3-5-1-2-14-8(5)7(4-6)9(11,12)13/h1-4H. The van der Waals surface area contributed by atoms with Crippen molar-refractivity contribution in [1.29, 1.82) is 0 Å². The van der Waals surface area contributed by atoms with Crippen LogP contribution in [0.2, 0.25) is 0 Å². The fourth-order valence-electron chi connectivity index (χ4n) is 1.26. The molecule has 1 aromatic carbocycles. The maximum Gasteiger partial charge on any atom is 0.420 e. The van der Waals surface area contributed by atoms with Crippen molar-refractivity contribution in [3.05, 3.63) is 34.5 Å². The van der Waals surface area contributed by atoms with E-state index in [0.29, 0.717) is 9.86 Å². The molecule has 1 heterocycles. The molecule has 0 spiro atoms. The molecule has 0 bridgehead atoms. The summed E-state index contributed by atoms with van der Waals surface area (Å²) in [4.78, 5) is 0. The zero-order chi connectivity index (χ0) is 10.3. The largest absolute Gasteiger partial charge is 0.464 e. The first-order valence-corrected chi connectivity index (χ1v) is 4.52. The van der Waals surface area contributed by atoms with Crippen LogP contribution >= 0.6 is 15.9 Å². The zero-order valence-corrected chi connectivity index (χ0v) is 8.32. The molecule has 5 heteroatoms. The lowest BCUT2D eigenvalue weighted by Crippen LogP contribution is -2.05. The summed E-state index contributed by atoms with van der Waals surface area (Å²) in [6, 6.07) is 4.08. The van der Waals surface area contributed by atoms with E-state index < -0.39 is 11.7 Å². The van der Waals surface area contributed by atoms with Crippen molar-refractivity contribution in [3.8, 4) is 0 Å². The topological polar surface area (TPSA) is 13.1 Å². The summed E-state index contributed by atoms with van der Waals surface area (Å²) in [7, 11) is 0. The second-order valence-electron chi connectivity index (χ2n) is 2.79. The summed E-state index contributed by atoms with van der Waals surface area (Å²) >= 11 is 3.02. The van der Waals surface area contributed by atoms with Gasteiger partial charge in [0.1, 0.15) is 5.58 Å². The van der Waals surface area contributed by atoms with Gasteiger partial charge in [-0.2, -0.15) is 13.2 Å². The van der Waals surface area contributed by atoms with Gasteiger partial charge in [0.2, 0.25) is 0 Å². The SMILES string of the molecule is FC(F)(F)c1cc(Br)cc2ccoc12. The number of rotatable bonds is 0. The average Bonchev–Trinajstić information content (AvgIpc) is 2.47. The van der Waals surface area contributed by atoms with Crippen LogP contribution < -0.4 is 0 Å². The van der Waals surface area contributed by atoms with Gasteiger partial charge in [0.15, 0.2) is 0 Å². The van der Waals surface area contributed by atoms with Crippen LogP contribution in [0.3, 0.4) is 0 Å².